The van der Waals surface area contributed by atoms with Crippen LogP contribution in [0.4, 0.5) is 0 Å². The lowest BCUT2D eigenvalue weighted by Gasteiger charge is -2.39. The van der Waals surface area contributed by atoms with Crippen molar-refractivity contribution in [1.82, 2.24) is 0 Å². The number of aliphatic hydroxyl groups excluding tert-OH is 4. The number of carbonyl (C=O) groups is 2. The number of carbonyl (C=O) groups excluding carboxylic acids is 2. The summed E-state index contributed by atoms with van der Waals surface area (Å²) in [6.07, 6.45) is 40.2. The summed E-state index contributed by atoms with van der Waals surface area (Å²) in [6, 6.07) is 0. The van der Waals surface area contributed by atoms with E-state index in [1.54, 1.807) is 0 Å². The summed E-state index contributed by atoms with van der Waals surface area (Å²) in [6.45, 7) is 3.24. The first-order chi connectivity index (χ1) is 27.8. The Morgan fingerprint density at radius 1 is 0.544 bits per heavy atom. The zero-order valence-electron chi connectivity index (χ0n) is 35.0. The van der Waals surface area contributed by atoms with E-state index in [-0.39, 0.29) is 26.1 Å². The molecule has 0 aliphatic carbocycles. The molecule has 324 valence electrons. The maximum Gasteiger partial charge on any atom is 0.306 e. The molecule has 1 fully saturated rings. The van der Waals surface area contributed by atoms with Crippen molar-refractivity contribution in [1.29, 1.82) is 0 Å². The highest BCUT2D eigenvalue weighted by atomic mass is 16.7. The van der Waals surface area contributed by atoms with Gasteiger partial charge in [0.1, 0.15) is 31.0 Å². The zero-order chi connectivity index (χ0) is 41.6. The molecule has 1 heterocycles. The van der Waals surface area contributed by atoms with Crippen molar-refractivity contribution in [2.75, 3.05) is 19.8 Å². The number of rotatable bonds is 34. The number of unbranched alkanes of at least 4 members (excludes halogenated alkanes) is 9. The molecular weight excluding hydrogens is 725 g/mol. The largest absolute Gasteiger partial charge is 0.462 e. The van der Waals surface area contributed by atoms with Gasteiger partial charge in [0.05, 0.1) is 13.2 Å². The number of esters is 2. The Balaban J connectivity index is 2.44. The minimum atomic E-state index is -1.61. The van der Waals surface area contributed by atoms with Gasteiger partial charge in [0.15, 0.2) is 12.4 Å². The lowest BCUT2D eigenvalue weighted by molar-refractivity contribution is -0.305. The second kappa shape index (κ2) is 37.2. The van der Waals surface area contributed by atoms with Gasteiger partial charge in [-0.1, -0.05) is 125 Å². The van der Waals surface area contributed by atoms with Crippen LogP contribution in [0.15, 0.2) is 85.1 Å². The Hall–Kier alpha value is -3.12. The molecule has 0 amide bonds. The number of hydrogen-bond acceptors (Lipinski definition) is 10. The van der Waals surface area contributed by atoms with Gasteiger partial charge in [0.25, 0.3) is 0 Å². The Morgan fingerprint density at radius 2 is 0.982 bits per heavy atom. The first kappa shape index (κ1) is 51.9. The van der Waals surface area contributed by atoms with Crippen LogP contribution in [-0.2, 0) is 28.5 Å². The fourth-order valence-electron chi connectivity index (χ4n) is 5.77. The summed E-state index contributed by atoms with van der Waals surface area (Å²) in [4.78, 5) is 25.3. The number of aliphatic hydroxyl groups is 4. The molecular formula is C47H76O10. The van der Waals surface area contributed by atoms with Crippen LogP contribution in [0.1, 0.15) is 142 Å². The van der Waals surface area contributed by atoms with Crippen LogP contribution in [0.2, 0.25) is 0 Å². The monoisotopic (exact) mass is 801 g/mol. The van der Waals surface area contributed by atoms with Crippen molar-refractivity contribution >= 4 is 11.9 Å². The van der Waals surface area contributed by atoms with E-state index in [9.17, 15) is 30.0 Å². The molecule has 2 unspecified atom stereocenters. The molecule has 0 aromatic carbocycles. The third kappa shape index (κ3) is 28.9. The van der Waals surface area contributed by atoms with E-state index in [0.717, 1.165) is 64.2 Å². The Kier molecular flexibility index (Phi) is 33.8. The number of allylic oxidation sites excluding steroid dienone is 14. The summed E-state index contributed by atoms with van der Waals surface area (Å²) in [5.74, 6) is -0.927. The van der Waals surface area contributed by atoms with Crippen LogP contribution < -0.4 is 0 Å². The van der Waals surface area contributed by atoms with Gasteiger partial charge in [0.2, 0.25) is 0 Å². The van der Waals surface area contributed by atoms with Gasteiger partial charge >= 0.3 is 11.9 Å². The summed E-state index contributed by atoms with van der Waals surface area (Å²) in [7, 11) is 0. The highest BCUT2D eigenvalue weighted by molar-refractivity contribution is 5.70. The molecule has 0 bridgehead atoms. The van der Waals surface area contributed by atoms with E-state index in [1.807, 2.05) is 6.08 Å². The highest BCUT2D eigenvalue weighted by Gasteiger charge is 2.44. The predicted molar refractivity (Wildman–Crippen MR) is 228 cm³/mol. The van der Waals surface area contributed by atoms with Crippen LogP contribution in [-0.4, -0.2) is 89.0 Å². The molecule has 0 radical (unpaired) electrons. The zero-order valence-corrected chi connectivity index (χ0v) is 35.0. The van der Waals surface area contributed by atoms with Gasteiger partial charge in [-0.15, -0.1) is 0 Å². The first-order valence-electron chi connectivity index (χ1n) is 21.7. The molecule has 0 aromatic rings. The van der Waals surface area contributed by atoms with Crippen molar-refractivity contribution in [2.24, 2.45) is 0 Å². The second-order valence-electron chi connectivity index (χ2n) is 14.4. The smallest absolute Gasteiger partial charge is 0.306 e. The quantitative estimate of drug-likeness (QED) is 0.0282. The van der Waals surface area contributed by atoms with Crippen LogP contribution in [0.3, 0.4) is 0 Å². The summed E-state index contributed by atoms with van der Waals surface area (Å²) in [5, 5.41) is 40.0. The molecule has 0 aromatic heterocycles. The molecule has 1 saturated heterocycles. The molecule has 0 saturated carbocycles. The average Bonchev–Trinajstić information content (AvgIpc) is 3.21. The molecule has 1 rings (SSSR count). The average molecular weight is 801 g/mol. The van der Waals surface area contributed by atoms with Gasteiger partial charge in [-0.05, 0) is 89.9 Å². The fraction of sp³-hybridized carbons (Fsp3) is 0.660. The molecule has 57 heavy (non-hydrogen) atoms. The van der Waals surface area contributed by atoms with Crippen molar-refractivity contribution < 1.29 is 49.0 Å². The second-order valence-corrected chi connectivity index (χ2v) is 14.4. The summed E-state index contributed by atoms with van der Waals surface area (Å²) >= 11 is 0. The van der Waals surface area contributed by atoms with Gasteiger partial charge in [0, 0.05) is 12.8 Å². The highest BCUT2D eigenvalue weighted by Crippen LogP contribution is 2.22. The van der Waals surface area contributed by atoms with E-state index in [0.29, 0.717) is 12.8 Å². The minimum absolute atomic E-state index is 0.165. The summed E-state index contributed by atoms with van der Waals surface area (Å²) < 4.78 is 22.0. The fourth-order valence-corrected chi connectivity index (χ4v) is 5.77. The van der Waals surface area contributed by atoms with Crippen molar-refractivity contribution in [2.45, 2.75) is 179 Å². The van der Waals surface area contributed by atoms with E-state index >= 15 is 0 Å². The Bertz CT molecular complexity index is 1200. The Morgan fingerprint density at radius 3 is 1.46 bits per heavy atom. The van der Waals surface area contributed by atoms with E-state index in [4.69, 9.17) is 18.9 Å². The minimum Gasteiger partial charge on any atom is -0.462 e. The van der Waals surface area contributed by atoms with E-state index in [2.05, 4.69) is 92.8 Å². The van der Waals surface area contributed by atoms with E-state index < -0.39 is 55.4 Å². The molecule has 4 N–H and O–H groups in total. The molecule has 1 aliphatic rings. The van der Waals surface area contributed by atoms with Crippen molar-refractivity contribution in [3.05, 3.63) is 85.1 Å². The molecule has 0 spiro atoms. The molecule has 1 aliphatic heterocycles. The van der Waals surface area contributed by atoms with Gasteiger partial charge < -0.3 is 39.4 Å². The van der Waals surface area contributed by atoms with Crippen LogP contribution in [0.25, 0.3) is 0 Å². The number of ether oxygens (including phenoxy) is 4. The summed E-state index contributed by atoms with van der Waals surface area (Å²) in [5.41, 5.74) is 0. The van der Waals surface area contributed by atoms with Gasteiger partial charge in [-0.2, -0.15) is 0 Å². The lowest BCUT2D eigenvalue weighted by atomic mass is 9.99. The normalized spacial score (nSPS) is 21.1. The van der Waals surface area contributed by atoms with Crippen LogP contribution >= 0.6 is 0 Å². The van der Waals surface area contributed by atoms with Crippen LogP contribution in [0, 0.1) is 0 Å². The molecule has 6 atom stereocenters. The maximum absolute atomic E-state index is 12.7. The molecule has 10 heteroatoms. The van der Waals surface area contributed by atoms with Crippen molar-refractivity contribution in [3.8, 4) is 0 Å². The Labute approximate surface area is 344 Å². The van der Waals surface area contributed by atoms with Gasteiger partial charge in [-0.3, -0.25) is 9.59 Å². The van der Waals surface area contributed by atoms with Gasteiger partial charge in [-0.25, -0.2) is 0 Å². The van der Waals surface area contributed by atoms with Crippen LogP contribution in [0.5, 0.6) is 0 Å². The molecule has 10 nitrogen and oxygen atoms in total. The predicted octanol–water partition coefficient (Wildman–Crippen LogP) is 8.99. The van der Waals surface area contributed by atoms with E-state index in [1.165, 1.54) is 38.5 Å². The van der Waals surface area contributed by atoms with Crippen molar-refractivity contribution in [3.63, 3.8) is 0 Å². The third-order valence-electron chi connectivity index (χ3n) is 9.25. The SMILES string of the molecule is CCCCC/C=C/C/C=C/C/C=C/C/C=C/CCCC(=O)OC[C@@H](CO[C@H]1O[C@@H](CO)[C@@H](O)C(O)C1O)OC(=O)CCCC/C=C/C/C=C/C/C=C/CCCCC. The third-order valence-corrected chi connectivity index (χ3v) is 9.25. The maximum atomic E-state index is 12.7. The first-order valence-corrected chi connectivity index (χ1v) is 21.7. The number of hydrogen-bond donors (Lipinski definition) is 4. The lowest BCUT2D eigenvalue weighted by Crippen LogP contribution is -2.59. The standard InChI is InChI=1S/C47H76O10/c1-3-5-7-9-11-13-15-17-19-20-22-23-25-27-29-31-33-35-42(49)54-38-40(39-55-47-46(53)45(52)44(51)41(37-48)57-47)56-43(50)36-34-32-30-28-26-24-21-18-16-14-12-10-8-6-4-2/h11-14,17-19,21-23,26-29,40-41,44-48,51-53H,3-10,15-16,20,24-25,30-39H2,1-2H3/b13-11+,14-12+,19-17+,21-18+,23-22+,28-26+,29-27+/t40-,41-,44+,45?,46?,47-/m0/s1. The topological polar surface area (TPSA) is 152 Å².